The van der Waals surface area contributed by atoms with Crippen LogP contribution in [-0.2, 0) is 6.54 Å². The van der Waals surface area contributed by atoms with E-state index in [4.69, 9.17) is 17.3 Å². The molecule has 1 aromatic heterocycles. The number of rotatable bonds is 2. The van der Waals surface area contributed by atoms with Crippen molar-refractivity contribution in [2.45, 2.75) is 20.4 Å². The molecule has 0 aliphatic carbocycles. The lowest BCUT2D eigenvalue weighted by Gasteiger charge is -2.07. The number of aryl methyl sites for hydroxylation is 1. The van der Waals surface area contributed by atoms with Gasteiger partial charge < -0.3 is 5.73 Å². The Kier molecular flexibility index (Phi) is 3.07. The number of nitrogens with zero attached hydrogens (tertiary/aromatic N) is 2. The first-order valence-corrected chi connectivity index (χ1v) is 5.60. The molecule has 2 rings (SSSR count). The molecule has 3 nitrogen and oxygen atoms in total. The fraction of sp³-hybridized carbons (Fsp3) is 0.250. The summed E-state index contributed by atoms with van der Waals surface area (Å²) >= 11 is 6.05. The number of aromatic nitrogens is 2. The van der Waals surface area contributed by atoms with Crippen LogP contribution in [0.2, 0.25) is 5.02 Å². The Labute approximate surface area is 104 Å². The van der Waals surface area contributed by atoms with Gasteiger partial charge in [-0.2, -0.15) is 5.10 Å². The molecule has 0 atom stereocenters. The molecule has 0 unspecified atom stereocenters. The molecule has 0 saturated heterocycles. The first-order chi connectivity index (χ1) is 7.99. The molecular formula is C12H13ClFN3. The Balaban J connectivity index is 2.37. The molecule has 0 bridgehead atoms. The minimum absolute atomic E-state index is 0.304. The van der Waals surface area contributed by atoms with Gasteiger partial charge in [-0.05, 0) is 37.6 Å². The number of nitrogens with two attached hydrogens (primary N) is 1. The van der Waals surface area contributed by atoms with Crippen LogP contribution in [-0.4, -0.2) is 9.78 Å². The molecular weight excluding hydrogens is 241 g/mol. The van der Waals surface area contributed by atoms with Gasteiger partial charge >= 0.3 is 0 Å². The average Bonchev–Trinajstić information content (AvgIpc) is 2.52. The van der Waals surface area contributed by atoms with Crippen LogP contribution in [0.4, 0.5) is 10.1 Å². The molecule has 0 aliphatic heterocycles. The maximum absolute atomic E-state index is 13.1. The molecule has 0 amide bonds. The zero-order chi connectivity index (χ0) is 12.6. The predicted octanol–water partition coefficient (Wildman–Crippen LogP) is 2.92. The van der Waals surface area contributed by atoms with E-state index in [2.05, 4.69) is 5.10 Å². The quantitative estimate of drug-likeness (QED) is 0.837. The summed E-state index contributed by atoms with van der Waals surface area (Å²) in [7, 11) is 0. The SMILES string of the molecule is Cc1nn(Cc2cc(F)ccc2N)c(C)c1Cl. The van der Waals surface area contributed by atoms with Crippen molar-refractivity contribution >= 4 is 17.3 Å². The minimum atomic E-state index is -0.304. The first kappa shape index (κ1) is 11.9. The van der Waals surface area contributed by atoms with Crippen LogP contribution in [0.15, 0.2) is 18.2 Å². The lowest BCUT2D eigenvalue weighted by atomic mass is 10.2. The Morgan fingerprint density at radius 3 is 2.71 bits per heavy atom. The molecule has 5 heteroatoms. The fourth-order valence-corrected chi connectivity index (χ4v) is 1.84. The Hall–Kier alpha value is -1.55. The second kappa shape index (κ2) is 4.37. The van der Waals surface area contributed by atoms with Gasteiger partial charge in [-0.25, -0.2) is 4.39 Å². The van der Waals surface area contributed by atoms with E-state index in [0.717, 1.165) is 11.4 Å². The third-order valence-electron chi connectivity index (χ3n) is 2.72. The Morgan fingerprint density at radius 2 is 2.12 bits per heavy atom. The van der Waals surface area contributed by atoms with Crippen molar-refractivity contribution in [1.82, 2.24) is 9.78 Å². The first-order valence-electron chi connectivity index (χ1n) is 5.22. The van der Waals surface area contributed by atoms with E-state index in [1.54, 1.807) is 10.7 Å². The molecule has 0 saturated carbocycles. The van der Waals surface area contributed by atoms with Gasteiger partial charge in [0.2, 0.25) is 0 Å². The number of hydrogen-bond acceptors (Lipinski definition) is 2. The van der Waals surface area contributed by atoms with E-state index in [9.17, 15) is 4.39 Å². The zero-order valence-corrected chi connectivity index (χ0v) is 10.4. The van der Waals surface area contributed by atoms with E-state index in [0.29, 0.717) is 22.8 Å². The summed E-state index contributed by atoms with van der Waals surface area (Å²) in [6, 6.07) is 4.31. The third kappa shape index (κ3) is 2.26. The van der Waals surface area contributed by atoms with Gasteiger partial charge in [0.15, 0.2) is 0 Å². The highest BCUT2D eigenvalue weighted by molar-refractivity contribution is 6.31. The van der Waals surface area contributed by atoms with Crippen LogP contribution >= 0.6 is 11.6 Å². The minimum Gasteiger partial charge on any atom is -0.398 e. The van der Waals surface area contributed by atoms with Crippen molar-refractivity contribution in [3.05, 3.63) is 46.0 Å². The van der Waals surface area contributed by atoms with Gasteiger partial charge in [0.05, 0.1) is 23.0 Å². The van der Waals surface area contributed by atoms with E-state index in [-0.39, 0.29) is 5.82 Å². The van der Waals surface area contributed by atoms with Gasteiger partial charge in [-0.1, -0.05) is 11.6 Å². The van der Waals surface area contributed by atoms with Gasteiger partial charge in [-0.3, -0.25) is 4.68 Å². The fourth-order valence-electron chi connectivity index (χ4n) is 1.70. The highest BCUT2D eigenvalue weighted by atomic mass is 35.5. The molecule has 0 radical (unpaired) electrons. The molecule has 1 heterocycles. The molecule has 17 heavy (non-hydrogen) atoms. The van der Waals surface area contributed by atoms with Crippen LogP contribution in [0.1, 0.15) is 17.0 Å². The maximum atomic E-state index is 13.1. The van der Waals surface area contributed by atoms with Crippen LogP contribution in [0.5, 0.6) is 0 Å². The highest BCUT2D eigenvalue weighted by Gasteiger charge is 2.10. The number of nitrogen functional groups attached to an aromatic ring is 1. The maximum Gasteiger partial charge on any atom is 0.123 e. The van der Waals surface area contributed by atoms with Crippen LogP contribution in [0, 0.1) is 19.7 Å². The smallest absolute Gasteiger partial charge is 0.123 e. The molecule has 2 N–H and O–H groups in total. The monoisotopic (exact) mass is 253 g/mol. The summed E-state index contributed by atoms with van der Waals surface area (Å²) in [5, 5.41) is 4.92. The van der Waals surface area contributed by atoms with Crippen molar-refractivity contribution in [3.8, 4) is 0 Å². The summed E-state index contributed by atoms with van der Waals surface area (Å²) in [5.41, 5.74) is 8.66. The van der Waals surface area contributed by atoms with E-state index < -0.39 is 0 Å². The highest BCUT2D eigenvalue weighted by Crippen LogP contribution is 2.21. The Bertz CT molecular complexity index is 563. The standard InChI is InChI=1S/C12H13ClFN3/c1-7-12(13)8(2)17(16-7)6-9-5-10(14)3-4-11(9)15/h3-5H,6,15H2,1-2H3. The van der Waals surface area contributed by atoms with Crippen molar-refractivity contribution in [2.24, 2.45) is 0 Å². The number of halogens is 2. The summed E-state index contributed by atoms with van der Waals surface area (Å²) in [5.74, 6) is -0.304. The van der Waals surface area contributed by atoms with Crippen LogP contribution in [0.25, 0.3) is 0 Å². The van der Waals surface area contributed by atoms with E-state index >= 15 is 0 Å². The predicted molar refractivity (Wildman–Crippen MR) is 66.6 cm³/mol. The summed E-state index contributed by atoms with van der Waals surface area (Å²) < 4.78 is 14.8. The normalized spacial score (nSPS) is 10.8. The van der Waals surface area contributed by atoms with Crippen molar-refractivity contribution < 1.29 is 4.39 Å². The Morgan fingerprint density at radius 1 is 1.41 bits per heavy atom. The van der Waals surface area contributed by atoms with Crippen molar-refractivity contribution in [2.75, 3.05) is 5.73 Å². The average molecular weight is 254 g/mol. The van der Waals surface area contributed by atoms with Gasteiger partial charge in [-0.15, -0.1) is 0 Å². The molecule has 0 fully saturated rings. The third-order valence-corrected chi connectivity index (χ3v) is 3.27. The van der Waals surface area contributed by atoms with E-state index in [1.807, 2.05) is 13.8 Å². The molecule has 0 spiro atoms. The van der Waals surface area contributed by atoms with Crippen LogP contribution in [0.3, 0.4) is 0 Å². The molecule has 90 valence electrons. The second-order valence-corrected chi connectivity index (χ2v) is 4.36. The number of hydrogen-bond donors (Lipinski definition) is 1. The van der Waals surface area contributed by atoms with Gasteiger partial charge in [0.1, 0.15) is 5.82 Å². The number of benzene rings is 1. The van der Waals surface area contributed by atoms with Gasteiger partial charge in [0, 0.05) is 5.69 Å². The van der Waals surface area contributed by atoms with E-state index in [1.165, 1.54) is 12.1 Å². The molecule has 0 aliphatic rings. The molecule has 1 aromatic carbocycles. The zero-order valence-electron chi connectivity index (χ0n) is 9.67. The summed E-state index contributed by atoms with van der Waals surface area (Å²) in [6.45, 7) is 4.13. The lowest BCUT2D eigenvalue weighted by molar-refractivity contribution is 0.616. The lowest BCUT2D eigenvalue weighted by Crippen LogP contribution is -2.06. The summed E-state index contributed by atoms with van der Waals surface area (Å²) in [4.78, 5) is 0. The topological polar surface area (TPSA) is 43.8 Å². The van der Waals surface area contributed by atoms with Crippen molar-refractivity contribution in [1.29, 1.82) is 0 Å². The van der Waals surface area contributed by atoms with Crippen molar-refractivity contribution in [3.63, 3.8) is 0 Å². The largest absolute Gasteiger partial charge is 0.398 e. The molecule has 2 aromatic rings. The number of anilines is 1. The van der Waals surface area contributed by atoms with Gasteiger partial charge in [0.25, 0.3) is 0 Å². The van der Waals surface area contributed by atoms with Crippen LogP contribution < -0.4 is 5.73 Å². The summed E-state index contributed by atoms with van der Waals surface area (Å²) in [6.07, 6.45) is 0. The second-order valence-electron chi connectivity index (χ2n) is 3.99.